The second-order valence-corrected chi connectivity index (χ2v) is 13.6. The summed E-state index contributed by atoms with van der Waals surface area (Å²) in [5.41, 5.74) is 1.62. The quantitative estimate of drug-likeness (QED) is 0.0301. The molecule has 0 aromatic heterocycles. The molecule has 2 aromatic carbocycles. The Morgan fingerprint density at radius 1 is 0.613 bits per heavy atom. The summed E-state index contributed by atoms with van der Waals surface area (Å²) in [5.74, 6) is 2.49. The van der Waals surface area contributed by atoms with Crippen molar-refractivity contribution in [1.82, 2.24) is 0 Å². The van der Waals surface area contributed by atoms with Crippen LogP contribution in [-0.4, -0.2) is 88.1 Å². The van der Waals surface area contributed by atoms with Gasteiger partial charge in [0.2, 0.25) is 0 Å². The molecule has 3 unspecified atom stereocenters. The molecule has 0 saturated carbocycles. The first kappa shape index (κ1) is 73.2. The molecule has 3 atom stereocenters. The molecule has 356 valence electrons. The van der Waals surface area contributed by atoms with Crippen LogP contribution < -0.4 is 39.0 Å². The fraction of sp³-hybridized carbons (Fsp3) is 0.612. The fourth-order valence-electron chi connectivity index (χ4n) is 4.76. The Kier molecular flexibility index (Phi) is 65.8. The zero-order valence-electron chi connectivity index (χ0n) is 41.3. The van der Waals surface area contributed by atoms with Gasteiger partial charge in [0.05, 0.1) is 34.5 Å². The van der Waals surface area contributed by atoms with E-state index in [-0.39, 0.29) is 60.4 Å². The Morgan fingerprint density at radius 2 is 0.968 bits per heavy atom. The molecule has 0 aliphatic carbocycles. The predicted octanol–water partition coefficient (Wildman–Crippen LogP) is 7.35. The van der Waals surface area contributed by atoms with E-state index in [1.807, 2.05) is 24.3 Å². The van der Waals surface area contributed by atoms with Gasteiger partial charge in [0.15, 0.2) is 0 Å². The summed E-state index contributed by atoms with van der Waals surface area (Å²) in [6.07, 6.45) is 18.2. The van der Waals surface area contributed by atoms with Crippen LogP contribution in [0, 0.1) is 25.2 Å². The van der Waals surface area contributed by atoms with E-state index in [4.69, 9.17) is 29.2 Å². The maximum atomic E-state index is 11.7. The number of aliphatic hydroxyl groups excluding tert-OH is 2. The van der Waals surface area contributed by atoms with Gasteiger partial charge in [0.25, 0.3) is 0 Å². The van der Waals surface area contributed by atoms with Crippen LogP contribution in [0.1, 0.15) is 148 Å². The number of esters is 3. The molecule has 62 heavy (non-hydrogen) atoms. The van der Waals surface area contributed by atoms with Gasteiger partial charge in [-0.05, 0) is 85.1 Å². The molecule has 0 fully saturated rings. The second-order valence-electron chi connectivity index (χ2n) is 13.6. The van der Waals surface area contributed by atoms with Crippen LogP contribution in [0.4, 0.5) is 0 Å². The third-order valence-corrected chi connectivity index (χ3v) is 8.94. The number of carbonyl (C=O) groups excluding carboxylic acids is 4. The minimum atomic E-state index is -0.277. The van der Waals surface area contributed by atoms with E-state index >= 15 is 0 Å². The number of aliphatic hydroxyl groups is 2. The number of aldehydes is 1. The van der Waals surface area contributed by atoms with E-state index in [1.54, 1.807) is 44.6 Å². The standard InChI is InChI=1S/C18H26O3.C10H20O2.C8H8O2.C8H18O.C3H6O2.CH4O.CH3.Na.H2O/c1-4-6-7-15(5-2)14-21-18(19)13-10-16-8-11-17(20-3)12-9-16;1-4-6-7-10(5-2)8-12-9(3)11;1-10-8-4-2-7(6-9)3-5-8;1-3-5-6-8(4-2)7-9;1-3(4)5-2;1-2;;;/h8-13,15H,4-7,14H2,1-3H3;10H,4-8H2,1-3H3;2-6H,1H3;8-9H,3-7H2,1-2H3;1-2H3;2H,1H3;1H3;;1H2/q;;;;;;-1;+1;/b13-10+;;;;;;;;. The Morgan fingerprint density at radius 3 is 1.26 bits per heavy atom. The van der Waals surface area contributed by atoms with E-state index in [2.05, 4.69) is 46.3 Å². The molecule has 0 spiro atoms. The first-order valence-electron chi connectivity index (χ1n) is 21.2. The van der Waals surface area contributed by atoms with Gasteiger partial charge in [0, 0.05) is 39.2 Å². The number of carbonyl (C=O) groups is 4. The zero-order valence-corrected chi connectivity index (χ0v) is 43.3. The monoisotopic (exact) mass is 891 g/mol. The van der Waals surface area contributed by atoms with Gasteiger partial charge in [-0.15, -0.1) is 0 Å². The summed E-state index contributed by atoms with van der Waals surface area (Å²) in [5, 5.41) is 15.8. The molecule has 2 rings (SSSR count). The molecule has 12 nitrogen and oxygen atoms in total. The third kappa shape index (κ3) is 49.4. The first-order chi connectivity index (χ1) is 28.4. The molecular formula is C49H87NaO12. The zero-order chi connectivity index (χ0) is 45.7. The van der Waals surface area contributed by atoms with Crippen molar-refractivity contribution in [2.75, 3.05) is 48.3 Å². The van der Waals surface area contributed by atoms with Crippen LogP contribution >= 0.6 is 0 Å². The molecule has 0 saturated heterocycles. The number of benzene rings is 2. The first-order valence-corrected chi connectivity index (χ1v) is 21.2. The van der Waals surface area contributed by atoms with Crippen molar-refractivity contribution in [3.05, 3.63) is 73.2 Å². The number of ether oxygens (including phenoxy) is 5. The summed E-state index contributed by atoms with van der Waals surface area (Å²) in [6.45, 7) is 17.3. The summed E-state index contributed by atoms with van der Waals surface area (Å²) in [6, 6.07) is 14.5. The summed E-state index contributed by atoms with van der Waals surface area (Å²) >= 11 is 0. The molecule has 0 aliphatic heterocycles. The van der Waals surface area contributed by atoms with Crippen molar-refractivity contribution in [3.8, 4) is 11.5 Å². The Balaban J connectivity index is -0.000000128. The van der Waals surface area contributed by atoms with E-state index in [0.717, 1.165) is 56.1 Å². The van der Waals surface area contributed by atoms with Crippen LogP contribution in [0.2, 0.25) is 0 Å². The number of hydrogen-bond acceptors (Lipinski definition) is 11. The third-order valence-electron chi connectivity index (χ3n) is 8.94. The van der Waals surface area contributed by atoms with Crippen molar-refractivity contribution < 1.29 is 88.1 Å². The van der Waals surface area contributed by atoms with Gasteiger partial charge in [-0.1, -0.05) is 111 Å². The van der Waals surface area contributed by atoms with Gasteiger partial charge >= 0.3 is 47.5 Å². The maximum Gasteiger partial charge on any atom is 1.00 e. The Labute approximate surface area is 399 Å². The number of rotatable bonds is 22. The summed E-state index contributed by atoms with van der Waals surface area (Å²) in [4.78, 5) is 42.0. The van der Waals surface area contributed by atoms with Gasteiger partial charge in [-0.25, -0.2) is 4.79 Å². The molecule has 2 aromatic rings. The second kappa shape index (κ2) is 55.8. The van der Waals surface area contributed by atoms with Crippen LogP contribution in [0.25, 0.3) is 6.08 Å². The van der Waals surface area contributed by atoms with Crippen molar-refractivity contribution in [2.24, 2.45) is 17.8 Å². The van der Waals surface area contributed by atoms with E-state index in [1.165, 1.54) is 78.4 Å². The maximum absolute atomic E-state index is 11.7. The molecule has 0 amide bonds. The van der Waals surface area contributed by atoms with Gasteiger partial charge in [-0.2, -0.15) is 0 Å². The topological polar surface area (TPSA) is 186 Å². The Hall–Kier alpha value is -3.26. The minimum Gasteiger partial charge on any atom is -0.497 e. The molecule has 0 radical (unpaired) electrons. The Bertz CT molecular complexity index is 1270. The molecule has 13 heteroatoms. The van der Waals surface area contributed by atoms with E-state index < -0.39 is 0 Å². The van der Waals surface area contributed by atoms with Crippen LogP contribution in [-0.2, 0) is 28.6 Å². The normalized spacial score (nSPS) is 10.7. The van der Waals surface area contributed by atoms with Gasteiger partial charge < -0.3 is 46.8 Å². The molecule has 0 aliphatic rings. The van der Waals surface area contributed by atoms with Crippen molar-refractivity contribution in [3.63, 3.8) is 0 Å². The number of methoxy groups -OCH3 is 3. The predicted molar refractivity (Wildman–Crippen MR) is 251 cm³/mol. The number of unbranched alkanes of at least 4 members (excludes halogenated alkanes) is 3. The minimum absolute atomic E-state index is 0. The largest absolute Gasteiger partial charge is 1.00 e. The van der Waals surface area contributed by atoms with Crippen LogP contribution in [0.15, 0.2) is 54.6 Å². The van der Waals surface area contributed by atoms with Gasteiger partial charge in [0.1, 0.15) is 17.8 Å². The smallest absolute Gasteiger partial charge is 0.497 e. The molecule has 0 heterocycles. The van der Waals surface area contributed by atoms with Crippen LogP contribution in [0.5, 0.6) is 11.5 Å². The van der Waals surface area contributed by atoms with Crippen molar-refractivity contribution in [1.29, 1.82) is 0 Å². The molecular weight excluding hydrogens is 804 g/mol. The molecule has 0 bridgehead atoms. The van der Waals surface area contributed by atoms with Gasteiger partial charge in [-0.3, -0.25) is 14.4 Å². The van der Waals surface area contributed by atoms with E-state index in [0.29, 0.717) is 43.1 Å². The van der Waals surface area contributed by atoms with Crippen molar-refractivity contribution in [2.45, 2.75) is 132 Å². The summed E-state index contributed by atoms with van der Waals surface area (Å²) < 4.78 is 24.4. The number of hydrogen-bond donors (Lipinski definition) is 2. The SMILES string of the molecule is CCCCC(CC)CO.CCCCC(CC)COC(=O)/C=C/c1ccc(OC)cc1.CCCCC(CC)COC(C)=O.CO.COC(C)=O.COc1ccc(C=O)cc1.O.[CH3-].[Na+]. The van der Waals surface area contributed by atoms with E-state index in [9.17, 15) is 19.2 Å². The fourth-order valence-corrected chi connectivity index (χ4v) is 4.76. The summed E-state index contributed by atoms with van der Waals surface area (Å²) in [7, 11) is 5.57. The average molecular weight is 891 g/mol. The van der Waals surface area contributed by atoms with Crippen molar-refractivity contribution >= 4 is 30.3 Å². The molecule has 4 N–H and O–H groups in total. The average Bonchev–Trinajstić information content (AvgIpc) is 3.27. The van der Waals surface area contributed by atoms with Crippen LogP contribution in [0.3, 0.4) is 0 Å².